The van der Waals surface area contributed by atoms with E-state index in [-0.39, 0.29) is 5.97 Å². The molecule has 0 aromatic carbocycles. The van der Waals surface area contributed by atoms with E-state index in [0.29, 0.717) is 6.61 Å². The molecule has 0 bridgehead atoms. The van der Waals surface area contributed by atoms with Gasteiger partial charge in [0, 0.05) is 6.08 Å². The lowest BCUT2D eigenvalue weighted by Gasteiger charge is -2.38. The lowest BCUT2D eigenvalue weighted by atomic mass is 10.5. The van der Waals surface area contributed by atoms with Gasteiger partial charge in [-0.25, -0.2) is 4.79 Å². The average Bonchev–Trinajstić information content (AvgIpc) is 2.72. The molecule has 0 saturated carbocycles. The van der Waals surface area contributed by atoms with E-state index in [1.54, 1.807) is 0 Å². The molecule has 5 nitrogen and oxygen atoms in total. The van der Waals surface area contributed by atoms with Crippen molar-refractivity contribution in [2.24, 2.45) is 0 Å². The van der Waals surface area contributed by atoms with E-state index >= 15 is 0 Å². The molecule has 0 heterocycles. The molecule has 0 aliphatic carbocycles. The predicted octanol–water partition coefficient (Wildman–Crippen LogP) is 4.95. The van der Waals surface area contributed by atoms with Gasteiger partial charge in [0.1, 0.15) is 0 Å². The molecule has 0 rings (SSSR count). The van der Waals surface area contributed by atoms with Gasteiger partial charge in [-0.05, 0) is 48.7 Å². The van der Waals surface area contributed by atoms with E-state index in [1.165, 1.54) is 6.08 Å². The normalized spacial score (nSPS) is 12.9. The van der Waals surface area contributed by atoms with E-state index in [9.17, 15) is 4.79 Å². The minimum atomic E-state index is -1.80. The van der Waals surface area contributed by atoms with Gasteiger partial charge in [0.15, 0.2) is 26.4 Å². The van der Waals surface area contributed by atoms with Crippen LogP contribution < -0.4 is 0 Å². The Hall–Kier alpha value is -0.259. The van der Waals surface area contributed by atoms with Crippen LogP contribution in [-0.4, -0.2) is 45.5 Å². The number of carbonyl (C=O) groups excluding carboxylic acids is 1. The molecule has 0 unspecified atom stereocenters. The number of esters is 1. The van der Waals surface area contributed by atoms with Crippen LogP contribution in [0.1, 0.15) is 48.0 Å². The van der Waals surface area contributed by atoms with Crippen molar-refractivity contribution in [1.82, 2.24) is 0 Å². The van der Waals surface area contributed by atoms with Gasteiger partial charge in [-0.1, -0.05) is 48.1 Å². The first-order chi connectivity index (χ1) is 12.9. The molecule has 0 spiro atoms. The number of hydrogen-bond donors (Lipinski definition) is 0. The van der Waals surface area contributed by atoms with Gasteiger partial charge < -0.3 is 18.0 Å². The Morgan fingerprint density at radius 1 is 0.926 bits per heavy atom. The fourth-order valence-corrected chi connectivity index (χ4v) is 9.44. The van der Waals surface area contributed by atoms with Crippen molar-refractivity contribution >= 4 is 32.4 Å². The van der Waals surface area contributed by atoms with E-state index < -0.39 is 32.9 Å². The first-order valence-corrected chi connectivity index (χ1v) is 17.3. The fourth-order valence-electron chi connectivity index (χ4n) is 3.12. The van der Waals surface area contributed by atoms with Crippen LogP contribution in [0.15, 0.2) is 12.7 Å². The van der Waals surface area contributed by atoms with Gasteiger partial charge >= 0.3 is 5.97 Å². The Labute approximate surface area is 171 Å². The summed E-state index contributed by atoms with van der Waals surface area (Å²) < 4.78 is 24.4. The zero-order chi connectivity index (χ0) is 20.8. The molecular weight excluding hydrogens is 392 g/mol. The smallest absolute Gasteiger partial charge is 0.330 e. The highest BCUT2D eigenvalue weighted by Crippen LogP contribution is 2.29. The second-order valence-electron chi connectivity index (χ2n) is 6.96. The molecule has 0 aromatic rings. The van der Waals surface area contributed by atoms with Crippen LogP contribution in [-0.2, 0) is 22.8 Å². The molecule has 0 radical (unpaired) electrons. The first kappa shape index (κ1) is 26.7. The molecule has 0 aliphatic rings. The molecule has 160 valence electrons. The second kappa shape index (κ2) is 14.7. The molecule has 0 atom stereocenters. The lowest BCUT2D eigenvalue weighted by molar-refractivity contribution is -0.155. The monoisotopic (exact) mass is 434 g/mol. The summed E-state index contributed by atoms with van der Waals surface area (Å²) in [6.45, 7) is 16.7. The summed E-state index contributed by atoms with van der Waals surface area (Å²) in [5.74, 6) is -0.364. The summed E-state index contributed by atoms with van der Waals surface area (Å²) in [6.07, 6.45) is 2.01. The summed E-state index contributed by atoms with van der Waals surface area (Å²) >= 11 is 0. The standard InChI is InChI=1S/C19H42O5Si3/c1-8-18(20)21-16-15-17-25-22-19(23-26(9-2,10-3)11-4)24-27(12-5,13-6)14-7/h8,19H,1,9-17,25H2,2-7H3. The van der Waals surface area contributed by atoms with Crippen LogP contribution in [0.5, 0.6) is 0 Å². The predicted molar refractivity (Wildman–Crippen MR) is 121 cm³/mol. The van der Waals surface area contributed by atoms with Gasteiger partial charge in [0.25, 0.3) is 0 Å². The summed E-state index contributed by atoms with van der Waals surface area (Å²) in [5, 5.41) is 0. The Morgan fingerprint density at radius 2 is 1.37 bits per heavy atom. The lowest BCUT2D eigenvalue weighted by Crippen LogP contribution is -2.48. The zero-order valence-electron chi connectivity index (χ0n) is 18.5. The molecule has 8 heteroatoms. The number of hydrogen-bond acceptors (Lipinski definition) is 5. The quantitative estimate of drug-likeness (QED) is 0.107. The van der Waals surface area contributed by atoms with Crippen molar-refractivity contribution in [1.29, 1.82) is 0 Å². The summed E-state index contributed by atoms with van der Waals surface area (Å²) in [6, 6.07) is 7.44. The largest absolute Gasteiger partial charge is 0.463 e. The van der Waals surface area contributed by atoms with Crippen molar-refractivity contribution in [3.05, 3.63) is 12.7 Å². The van der Waals surface area contributed by atoms with E-state index in [1.807, 2.05) is 0 Å². The topological polar surface area (TPSA) is 54.0 Å². The van der Waals surface area contributed by atoms with Crippen molar-refractivity contribution in [3.8, 4) is 0 Å². The Balaban J connectivity index is 4.83. The minimum Gasteiger partial charge on any atom is -0.463 e. The minimum absolute atomic E-state index is 0.364. The van der Waals surface area contributed by atoms with Crippen molar-refractivity contribution in [3.63, 3.8) is 0 Å². The molecule has 27 heavy (non-hydrogen) atoms. The molecule has 0 aliphatic heterocycles. The summed E-state index contributed by atoms with van der Waals surface area (Å²) in [7, 11) is -4.39. The molecule has 0 fully saturated rings. The van der Waals surface area contributed by atoms with E-state index in [4.69, 9.17) is 18.0 Å². The highest BCUT2D eigenvalue weighted by atomic mass is 28.4. The highest BCUT2D eigenvalue weighted by Gasteiger charge is 2.38. The molecule has 0 aromatic heterocycles. The van der Waals surface area contributed by atoms with Gasteiger partial charge in [-0.2, -0.15) is 0 Å². The van der Waals surface area contributed by atoms with Crippen LogP contribution in [0.4, 0.5) is 0 Å². The maximum absolute atomic E-state index is 11.1. The molecular formula is C19H42O5Si3. The van der Waals surface area contributed by atoms with Gasteiger partial charge in [0.05, 0.1) is 6.61 Å². The van der Waals surface area contributed by atoms with Crippen LogP contribution in [0.3, 0.4) is 0 Å². The third-order valence-corrected chi connectivity index (χ3v) is 16.2. The SMILES string of the molecule is C=CC(=O)OCCC[SiH2]OC(O[Si](CC)(CC)CC)O[Si](CC)(CC)CC. The Kier molecular flexibility index (Phi) is 14.6. The van der Waals surface area contributed by atoms with Crippen molar-refractivity contribution in [2.75, 3.05) is 6.61 Å². The highest BCUT2D eigenvalue weighted by molar-refractivity contribution is 6.74. The maximum Gasteiger partial charge on any atom is 0.330 e. The van der Waals surface area contributed by atoms with Gasteiger partial charge in [-0.3, -0.25) is 0 Å². The van der Waals surface area contributed by atoms with E-state index in [0.717, 1.165) is 48.7 Å². The molecule has 0 amide bonds. The van der Waals surface area contributed by atoms with Crippen LogP contribution >= 0.6 is 0 Å². The van der Waals surface area contributed by atoms with Crippen molar-refractivity contribution in [2.45, 2.75) is 96.7 Å². The molecule has 0 saturated heterocycles. The Morgan fingerprint density at radius 3 is 1.74 bits per heavy atom. The maximum atomic E-state index is 11.1. The van der Waals surface area contributed by atoms with Crippen LogP contribution in [0.2, 0.25) is 42.3 Å². The zero-order valence-corrected chi connectivity index (χ0v) is 21.9. The second-order valence-corrected chi connectivity index (χ2v) is 17.9. The third kappa shape index (κ3) is 9.67. The summed E-state index contributed by atoms with van der Waals surface area (Å²) in [5.41, 5.74) is 0. The summed E-state index contributed by atoms with van der Waals surface area (Å²) in [4.78, 5) is 11.1. The number of carbonyl (C=O) groups is 1. The van der Waals surface area contributed by atoms with Gasteiger partial charge in [-0.15, -0.1) is 0 Å². The Bertz CT molecular complexity index is 374. The fraction of sp³-hybridized carbons (Fsp3) is 0.842. The first-order valence-electron chi connectivity index (χ1n) is 10.7. The van der Waals surface area contributed by atoms with E-state index in [2.05, 4.69) is 48.1 Å². The third-order valence-electron chi connectivity index (χ3n) is 5.76. The van der Waals surface area contributed by atoms with Gasteiger partial charge in [0.2, 0.25) is 6.48 Å². The molecule has 0 N–H and O–H groups in total. The van der Waals surface area contributed by atoms with Crippen LogP contribution in [0.25, 0.3) is 0 Å². The number of rotatable bonds is 17. The van der Waals surface area contributed by atoms with Crippen LogP contribution in [0, 0.1) is 0 Å². The average molecular weight is 435 g/mol. The number of ether oxygens (including phenoxy) is 1. The van der Waals surface area contributed by atoms with Crippen molar-refractivity contribution < 1.29 is 22.8 Å².